The molecule has 0 aliphatic carbocycles. The second kappa shape index (κ2) is 13.0. The summed E-state index contributed by atoms with van der Waals surface area (Å²) in [5.41, 5.74) is 4.29. The van der Waals surface area contributed by atoms with Crippen LogP contribution in [0.5, 0.6) is 0 Å². The number of fused-ring (bicyclic) bond motifs is 3. The van der Waals surface area contributed by atoms with Crippen LogP contribution >= 0.6 is 0 Å². The van der Waals surface area contributed by atoms with Gasteiger partial charge in [-0.25, -0.2) is 4.39 Å². The Kier molecular flexibility index (Phi) is 8.18. The van der Waals surface area contributed by atoms with Crippen molar-refractivity contribution in [1.82, 2.24) is 9.97 Å². The number of aryl methyl sites for hydroxylation is 1. The number of hydrogen-bond donors (Lipinski definition) is 0. The summed E-state index contributed by atoms with van der Waals surface area (Å²) < 4.78 is 65.2. The zero-order valence-electron chi connectivity index (χ0n) is 27.9. The summed E-state index contributed by atoms with van der Waals surface area (Å²) in [7, 11) is 0. The minimum absolute atomic E-state index is 0. The Hall–Kier alpha value is -3.19. The van der Waals surface area contributed by atoms with E-state index in [4.69, 9.17) is 9.90 Å². The van der Waals surface area contributed by atoms with Crippen molar-refractivity contribution in [3.05, 3.63) is 114 Å². The van der Waals surface area contributed by atoms with Crippen LogP contribution in [0.15, 0.2) is 83.5 Å². The Bertz CT molecular complexity index is 1930. The number of rotatable bonds is 4. The van der Waals surface area contributed by atoms with Gasteiger partial charge in [0.2, 0.25) is 0 Å². The number of hydrogen-bond acceptors (Lipinski definition) is 3. The molecule has 0 bridgehead atoms. The smallest absolute Gasteiger partial charge is 0 e. The third-order valence-corrected chi connectivity index (χ3v) is 11.0. The van der Waals surface area contributed by atoms with Crippen LogP contribution in [-0.2, 0) is 20.1 Å². The fraction of sp³-hybridized carbons (Fsp3) is 0.200. The molecule has 7 heteroatoms. The standard InChI is InChI=1S/C20H14F2NO.C15H18GeN.Ir/c1-11(2)12-7-8-23-17(9-12)14-5-6-16(22)19-15-4-3-13(21)10-18(15)24-20(14)19;1-12-5-7-13(8-6-12)15-10-9-14(11-17-15)16(2,3)4;/h3-4,6-11H,1-2H3;5-7,9-11H,1-4H3;/q2*-1;/i11D;1D3;. The van der Waals surface area contributed by atoms with E-state index in [1.165, 1.54) is 34.7 Å². The summed E-state index contributed by atoms with van der Waals surface area (Å²) in [6.45, 7) is 1.48. The zero-order valence-corrected chi connectivity index (χ0v) is 28.4. The third kappa shape index (κ3) is 6.88. The van der Waals surface area contributed by atoms with E-state index in [0.29, 0.717) is 22.2 Å². The molecule has 0 fully saturated rings. The summed E-state index contributed by atoms with van der Waals surface area (Å²) in [5.74, 6) is 5.25. The van der Waals surface area contributed by atoms with Crippen LogP contribution in [0.25, 0.3) is 44.5 Å². The molecule has 42 heavy (non-hydrogen) atoms. The first-order chi connectivity index (χ1) is 21.0. The number of furan rings is 1. The SMILES string of the molecule is [2H]C(C)(C)c1ccnc(-c2[c-]cc(F)c3c2oc2cc(F)ccc23)c1.[2H]C([2H])([2H])c1c[c-]c(-c2cc[c]([Ge]([CH3])([CH3])[CH3])cn2)cc1.[Ir]. The fourth-order valence-corrected chi connectivity index (χ4v) is 6.58. The average molecular weight is 804 g/mol. The molecule has 0 amide bonds. The molecule has 3 heterocycles. The van der Waals surface area contributed by atoms with E-state index in [1.807, 2.05) is 12.3 Å². The average Bonchev–Trinajstić information content (AvgIpc) is 3.36. The molecule has 3 nitrogen and oxygen atoms in total. The minimum Gasteiger partial charge on any atom is 0 e. The summed E-state index contributed by atoms with van der Waals surface area (Å²) in [6, 6.07) is 23.7. The van der Waals surface area contributed by atoms with E-state index >= 15 is 0 Å². The quantitative estimate of drug-likeness (QED) is 0.132. The topological polar surface area (TPSA) is 38.9 Å². The van der Waals surface area contributed by atoms with Gasteiger partial charge in [0.05, 0.1) is 5.58 Å². The Labute approximate surface area is 267 Å². The molecule has 6 aromatic rings. The van der Waals surface area contributed by atoms with Crippen molar-refractivity contribution in [1.29, 1.82) is 0 Å². The maximum absolute atomic E-state index is 14.4. The first-order valence-corrected chi connectivity index (χ1v) is 20.5. The first kappa shape index (κ1) is 26.4. The Balaban J connectivity index is 0.000000210. The Morgan fingerprint density at radius 1 is 0.929 bits per heavy atom. The molecule has 0 aliphatic rings. The van der Waals surface area contributed by atoms with Gasteiger partial charge in [0, 0.05) is 44.9 Å². The van der Waals surface area contributed by atoms with Gasteiger partial charge in [-0.15, -0.1) is 12.1 Å². The van der Waals surface area contributed by atoms with Crippen molar-refractivity contribution >= 4 is 39.6 Å². The van der Waals surface area contributed by atoms with E-state index in [0.717, 1.165) is 16.8 Å². The Morgan fingerprint density at radius 3 is 2.38 bits per heavy atom. The van der Waals surface area contributed by atoms with Crippen LogP contribution in [0.2, 0.25) is 17.3 Å². The number of pyridine rings is 2. The van der Waals surface area contributed by atoms with Crippen LogP contribution in [0.1, 0.15) is 36.4 Å². The van der Waals surface area contributed by atoms with Crippen molar-refractivity contribution in [2.75, 3.05) is 0 Å². The third-order valence-electron chi connectivity index (χ3n) is 6.77. The molecule has 0 aliphatic heterocycles. The van der Waals surface area contributed by atoms with Gasteiger partial charge in [-0.1, -0.05) is 31.0 Å². The molecule has 0 unspecified atom stereocenters. The van der Waals surface area contributed by atoms with Gasteiger partial charge in [-0.05, 0) is 35.2 Å². The number of aromatic nitrogens is 2. The zero-order chi connectivity index (χ0) is 32.7. The van der Waals surface area contributed by atoms with Crippen molar-refractivity contribution in [2.45, 2.75) is 43.9 Å². The van der Waals surface area contributed by atoms with Crippen LogP contribution < -0.4 is 4.40 Å². The molecular formula is C35H32F2GeIrN2O-2. The summed E-state index contributed by atoms with van der Waals surface area (Å²) >= 11 is -1.83. The van der Waals surface area contributed by atoms with Gasteiger partial charge in [-0.2, -0.15) is 0 Å². The van der Waals surface area contributed by atoms with Gasteiger partial charge < -0.3 is 9.40 Å². The van der Waals surface area contributed by atoms with Gasteiger partial charge >= 0.3 is 110 Å². The molecule has 3 aromatic carbocycles. The van der Waals surface area contributed by atoms with E-state index in [-0.39, 0.29) is 36.7 Å². The maximum Gasteiger partial charge on any atom is 0 e. The fourth-order valence-electron chi connectivity index (χ4n) is 4.41. The Morgan fingerprint density at radius 2 is 1.74 bits per heavy atom. The molecule has 217 valence electrons. The summed E-state index contributed by atoms with van der Waals surface area (Å²) in [6.07, 6.45) is 3.55. The van der Waals surface area contributed by atoms with Gasteiger partial charge in [-0.3, -0.25) is 4.39 Å². The maximum atomic E-state index is 14.4. The van der Waals surface area contributed by atoms with Crippen LogP contribution in [-0.4, -0.2) is 23.2 Å². The monoisotopic (exact) mass is 805 g/mol. The van der Waals surface area contributed by atoms with Crippen molar-refractivity contribution in [3.8, 4) is 22.5 Å². The van der Waals surface area contributed by atoms with Crippen molar-refractivity contribution in [3.63, 3.8) is 0 Å². The molecule has 0 saturated carbocycles. The molecule has 6 rings (SSSR count). The largest absolute Gasteiger partial charge is 0 e. The molecule has 0 spiro atoms. The number of nitrogens with zero attached hydrogens (tertiary/aromatic N) is 2. The molecule has 3 aromatic heterocycles. The molecule has 1 radical (unpaired) electrons. The van der Waals surface area contributed by atoms with E-state index in [9.17, 15) is 8.78 Å². The van der Waals surface area contributed by atoms with E-state index in [2.05, 4.69) is 45.4 Å². The predicted molar refractivity (Wildman–Crippen MR) is 166 cm³/mol. The molecule has 0 saturated heterocycles. The predicted octanol–water partition coefficient (Wildman–Crippen LogP) is 9.25. The summed E-state index contributed by atoms with van der Waals surface area (Å²) in [5, 5.41) is 0.780. The minimum atomic E-state index is -2.08. The van der Waals surface area contributed by atoms with E-state index < -0.39 is 37.6 Å². The normalized spacial score (nSPS) is 13.3. The second-order valence-corrected chi connectivity index (χ2v) is 21.7. The molecular weight excluding hydrogens is 767 g/mol. The van der Waals surface area contributed by atoms with E-state index in [1.54, 1.807) is 44.3 Å². The van der Waals surface area contributed by atoms with Gasteiger partial charge in [0.1, 0.15) is 11.4 Å². The molecule has 0 atom stereocenters. The number of halogens is 2. The first-order valence-electron chi connectivity index (χ1n) is 15.2. The van der Waals surface area contributed by atoms with Crippen LogP contribution in [0.4, 0.5) is 8.78 Å². The number of benzene rings is 3. The van der Waals surface area contributed by atoms with Gasteiger partial charge in [0.25, 0.3) is 0 Å². The van der Waals surface area contributed by atoms with Crippen molar-refractivity contribution in [2.24, 2.45) is 0 Å². The summed E-state index contributed by atoms with van der Waals surface area (Å²) in [4.78, 5) is 8.80. The van der Waals surface area contributed by atoms with Gasteiger partial charge in [0.15, 0.2) is 0 Å². The van der Waals surface area contributed by atoms with Crippen molar-refractivity contribution < 1.29 is 38.8 Å². The second-order valence-electron chi connectivity index (χ2n) is 11.1. The molecule has 0 N–H and O–H groups in total. The van der Waals surface area contributed by atoms with Crippen LogP contribution in [0.3, 0.4) is 0 Å². The van der Waals surface area contributed by atoms with Crippen LogP contribution in [0, 0.1) is 30.6 Å².